The van der Waals surface area contributed by atoms with Crippen LogP contribution in [0.15, 0.2) is 24.3 Å². The predicted octanol–water partition coefficient (Wildman–Crippen LogP) is 2.61. The van der Waals surface area contributed by atoms with Crippen LogP contribution in [0, 0.1) is 11.3 Å². The first-order valence-corrected chi connectivity index (χ1v) is 6.78. The Morgan fingerprint density at radius 2 is 2.11 bits per heavy atom. The minimum Gasteiger partial charge on any atom is -0.479 e. The molecule has 0 saturated heterocycles. The zero-order valence-corrected chi connectivity index (χ0v) is 11.4. The number of nitrogens with one attached hydrogen (secondary N) is 1. The molecule has 0 amide bonds. The molecular weight excluding hydrogens is 260 g/mol. The summed E-state index contributed by atoms with van der Waals surface area (Å²) in [4.78, 5) is 0. The maximum absolute atomic E-state index is 8.42. The highest BCUT2D eigenvalue weighted by molar-refractivity contribution is 7.15. The number of aryl methyl sites for hydroxylation is 1. The lowest BCUT2D eigenvalue weighted by Gasteiger charge is -2.04. The molecule has 0 atom stereocenters. The SMILES string of the molecule is CCc1nnc(NCc2ccc(OCC#N)cc2)s1. The molecular formula is C13H14N4OS. The number of rotatable bonds is 6. The van der Waals surface area contributed by atoms with Crippen LogP contribution in [0.2, 0.25) is 0 Å². The first-order chi connectivity index (χ1) is 9.31. The highest BCUT2D eigenvalue weighted by Gasteiger charge is 2.02. The summed E-state index contributed by atoms with van der Waals surface area (Å²) in [5.74, 6) is 0.703. The molecule has 0 saturated carbocycles. The van der Waals surface area contributed by atoms with Gasteiger partial charge in [-0.05, 0) is 24.1 Å². The topological polar surface area (TPSA) is 70.8 Å². The number of nitriles is 1. The third kappa shape index (κ3) is 3.93. The van der Waals surface area contributed by atoms with Crippen molar-refractivity contribution in [3.05, 3.63) is 34.8 Å². The molecule has 1 N–H and O–H groups in total. The van der Waals surface area contributed by atoms with Crippen LogP contribution in [-0.4, -0.2) is 16.8 Å². The maximum Gasteiger partial charge on any atom is 0.205 e. The van der Waals surface area contributed by atoms with Crippen molar-refractivity contribution in [3.8, 4) is 11.8 Å². The molecule has 0 spiro atoms. The molecule has 98 valence electrons. The van der Waals surface area contributed by atoms with Crippen molar-refractivity contribution in [1.82, 2.24) is 10.2 Å². The van der Waals surface area contributed by atoms with Crippen LogP contribution in [0.5, 0.6) is 5.75 Å². The third-order valence-corrected chi connectivity index (χ3v) is 3.47. The monoisotopic (exact) mass is 274 g/mol. The van der Waals surface area contributed by atoms with Gasteiger partial charge in [0.05, 0.1) is 0 Å². The Balaban J connectivity index is 1.87. The van der Waals surface area contributed by atoms with Gasteiger partial charge in [-0.1, -0.05) is 30.4 Å². The van der Waals surface area contributed by atoms with Gasteiger partial charge in [-0.25, -0.2) is 0 Å². The first kappa shape index (κ1) is 13.3. The first-order valence-electron chi connectivity index (χ1n) is 5.96. The minimum absolute atomic E-state index is 0.0716. The normalized spacial score (nSPS) is 9.89. The van der Waals surface area contributed by atoms with Crippen LogP contribution in [0.3, 0.4) is 0 Å². The lowest BCUT2D eigenvalue weighted by atomic mass is 10.2. The van der Waals surface area contributed by atoms with Gasteiger partial charge in [0, 0.05) is 6.54 Å². The molecule has 19 heavy (non-hydrogen) atoms. The van der Waals surface area contributed by atoms with Crippen LogP contribution in [0.1, 0.15) is 17.5 Å². The summed E-state index contributed by atoms with van der Waals surface area (Å²) < 4.78 is 5.19. The van der Waals surface area contributed by atoms with Gasteiger partial charge in [0.2, 0.25) is 5.13 Å². The molecule has 2 rings (SSSR count). The van der Waals surface area contributed by atoms with Gasteiger partial charge in [-0.15, -0.1) is 10.2 Å². The zero-order valence-electron chi connectivity index (χ0n) is 10.6. The van der Waals surface area contributed by atoms with E-state index in [-0.39, 0.29) is 6.61 Å². The second kappa shape index (κ2) is 6.71. The number of nitrogens with zero attached hydrogens (tertiary/aromatic N) is 3. The average Bonchev–Trinajstić information content (AvgIpc) is 2.92. The van der Waals surface area contributed by atoms with Gasteiger partial charge in [-0.2, -0.15) is 5.26 Å². The molecule has 0 bridgehead atoms. The number of anilines is 1. The fraction of sp³-hybridized carbons (Fsp3) is 0.308. The minimum atomic E-state index is 0.0716. The van der Waals surface area contributed by atoms with Crippen LogP contribution in [-0.2, 0) is 13.0 Å². The van der Waals surface area contributed by atoms with E-state index in [1.54, 1.807) is 11.3 Å². The molecule has 1 heterocycles. The smallest absolute Gasteiger partial charge is 0.205 e. The Labute approximate surface area is 115 Å². The van der Waals surface area contributed by atoms with Gasteiger partial charge in [-0.3, -0.25) is 0 Å². The van der Waals surface area contributed by atoms with E-state index in [0.29, 0.717) is 12.3 Å². The predicted molar refractivity (Wildman–Crippen MR) is 74.2 cm³/mol. The fourth-order valence-corrected chi connectivity index (χ4v) is 2.14. The van der Waals surface area contributed by atoms with Crippen LogP contribution in [0.25, 0.3) is 0 Å². The standard InChI is InChI=1S/C13H14N4OS/c1-2-12-16-17-13(19-12)15-9-10-3-5-11(6-4-10)18-8-7-14/h3-6H,2,8-9H2,1H3,(H,15,17). The van der Waals surface area contributed by atoms with E-state index in [4.69, 9.17) is 10.00 Å². The van der Waals surface area contributed by atoms with Crippen molar-refractivity contribution in [1.29, 1.82) is 5.26 Å². The van der Waals surface area contributed by atoms with E-state index in [2.05, 4.69) is 22.4 Å². The van der Waals surface area contributed by atoms with Gasteiger partial charge in [0.25, 0.3) is 0 Å². The van der Waals surface area contributed by atoms with Crippen molar-refractivity contribution >= 4 is 16.5 Å². The molecule has 0 aliphatic rings. The van der Waals surface area contributed by atoms with Gasteiger partial charge in [0.15, 0.2) is 6.61 Å². The van der Waals surface area contributed by atoms with E-state index in [0.717, 1.165) is 22.1 Å². The Kier molecular flexibility index (Phi) is 4.70. The summed E-state index contributed by atoms with van der Waals surface area (Å²) in [7, 11) is 0. The second-order valence-corrected chi connectivity index (χ2v) is 4.86. The third-order valence-electron chi connectivity index (χ3n) is 2.44. The highest BCUT2D eigenvalue weighted by atomic mass is 32.1. The summed E-state index contributed by atoms with van der Waals surface area (Å²) in [5, 5.41) is 21.6. The molecule has 2 aromatic rings. The molecule has 0 fully saturated rings. The van der Waals surface area contributed by atoms with Crippen molar-refractivity contribution in [2.24, 2.45) is 0 Å². The summed E-state index contributed by atoms with van der Waals surface area (Å²) in [6, 6.07) is 9.56. The molecule has 0 radical (unpaired) electrons. The molecule has 5 nitrogen and oxygen atoms in total. The fourth-order valence-electron chi connectivity index (χ4n) is 1.46. The Bertz CT molecular complexity index is 559. The summed E-state index contributed by atoms with van der Waals surface area (Å²) in [5.41, 5.74) is 1.12. The number of hydrogen-bond donors (Lipinski definition) is 1. The van der Waals surface area contributed by atoms with E-state index < -0.39 is 0 Å². The maximum atomic E-state index is 8.42. The van der Waals surface area contributed by atoms with Gasteiger partial charge < -0.3 is 10.1 Å². The van der Waals surface area contributed by atoms with Crippen molar-refractivity contribution < 1.29 is 4.74 Å². The summed E-state index contributed by atoms with van der Waals surface area (Å²) in [6.07, 6.45) is 0.907. The molecule has 0 unspecified atom stereocenters. The molecule has 1 aromatic heterocycles. The Morgan fingerprint density at radius 1 is 1.32 bits per heavy atom. The quantitative estimate of drug-likeness (QED) is 0.876. The molecule has 1 aromatic carbocycles. The molecule has 6 heteroatoms. The second-order valence-electron chi connectivity index (χ2n) is 3.80. The molecule has 0 aliphatic heterocycles. The zero-order chi connectivity index (χ0) is 13.5. The average molecular weight is 274 g/mol. The van der Waals surface area contributed by atoms with Crippen LogP contribution in [0.4, 0.5) is 5.13 Å². The number of ether oxygens (including phenoxy) is 1. The largest absolute Gasteiger partial charge is 0.479 e. The van der Waals surface area contributed by atoms with E-state index in [1.807, 2.05) is 30.3 Å². The lowest BCUT2D eigenvalue weighted by molar-refractivity contribution is 0.368. The Hall–Kier alpha value is -2.13. The summed E-state index contributed by atoms with van der Waals surface area (Å²) >= 11 is 1.57. The van der Waals surface area contributed by atoms with Crippen molar-refractivity contribution in [2.45, 2.75) is 19.9 Å². The van der Waals surface area contributed by atoms with Crippen molar-refractivity contribution in [2.75, 3.05) is 11.9 Å². The van der Waals surface area contributed by atoms with Crippen LogP contribution < -0.4 is 10.1 Å². The highest BCUT2D eigenvalue weighted by Crippen LogP contribution is 2.17. The summed E-state index contributed by atoms with van der Waals surface area (Å²) in [6.45, 7) is 2.82. The molecule has 0 aliphatic carbocycles. The number of benzene rings is 1. The van der Waals surface area contributed by atoms with E-state index >= 15 is 0 Å². The lowest BCUT2D eigenvalue weighted by Crippen LogP contribution is -1.99. The number of aromatic nitrogens is 2. The van der Waals surface area contributed by atoms with E-state index in [1.165, 1.54) is 0 Å². The number of hydrogen-bond acceptors (Lipinski definition) is 6. The van der Waals surface area contributed by atoms with Crippen molar-refractivity contribution in [3.63, 3.8) is 0 Å². The van der Waals surface area contributed by atoms with Gasteiger partial charge in [0.1, 0.15) is 16.8 Å². The van der Waals surface area contributed by atoms with Crippen LogP contribution >= 0.6 is 11.3 Å². The van der Waals surface area contributed by atoms with E-state index in [9.17, 15) is 0 Å². The Morgan fingerprint density at radius 3 is 2.74 bits per heavy atom. The van der Waals surface area contributed by atoms with Gasteiger partial charge >= 0.3 is 0 Å².